The molecule has 56 valence electrons. The third-order valence-electron chi connectivity index (χ3n) is 1.27. The standard InChI is InChI=1S/C8H12ClN/c1-5-10-8(4)6(2)7(3)9/h5H,3H2,1-2,4H3/b8-6-,10-5-. The van der Waals surface area contributed by atoms with E-state index in [9.17, 15) is 0 Å². The molecule has 0 aromatic carbocycles. The Labute approximate surface area is 67.1 Å². The van der Waals surface area contributed by atoms with E-state index in [0.717, 1.165) is 11.3 Å². The van der Waals surface area contributed by atoms with Gasteiger partial charge in [0.05, 0.1) is 0 Å². The van der Waals surface area contributed by atoms with E-state index in [4.69, 9.17) is 11.6 Å². The molecule has 0 atom stereocenters. The van der Waals surface area contributed by atoms with E-state index in [1.54, 1.807) is 6.21 Å². The van der Waals surface area contributed by atoms with E-state index >= 15 is 0 Å². The van der Waals surface area contributed by atoms with E-state index < -0.39 is 0 Å². The minimum Gasteiger partial charge on any atom is -0.266 e. The second kappa shape index (κ2) is 4.29. The molecule has 0 fully saturated rings. The Balaban J connectivity index is 4.50. The summed E-state index contributed by atoms with van der Waals surface area (Å²) >= 11 is 5.63. The predicted octanol–water partition coefficient (Wildman–Crippen LogP) is 3.12. The van der Waals surface area contributed by atoms with Gasteiger partial charge >= 0.3 is 0 Å². The van der Waals surface area contributed by atoms with Crippen LogP contribution in [0.25, 0.3) is 0 Å². The molecule has 0 spiro atoms. The van der Waals surface area contributed by atoms with Crippen LogP contribution in [0.15, 0.2) is 27.9 Å². The van der Waals surface area contributed by atoms with Crippen LogP contribution in [0.5, 0.6) is 0 Å². The number of allylic oxidation sites excluding steroid dienone is 3. The third-order valence-corrected chi connectivity index (χ3v) is 1.56. The molecule has 0 N–H and O–H groups in total. The second-order valence-electron chi connectivity index (χ2n) is 2.00. The molecule has 0 amide bonds. The van der Waals surface area contributed by atoms with Gasteiger partial charge in [0.1, 0.15) is 0 Å². The number of hydrogen-bond acceptors (Lipinski definition) is 1. The highest BCUT2D eigenvalue weighted by Crippen LogP contribution is 2.15. The zero-order valence-electron chi connectivity index (χ0n) is 6.61. The maximum atomic E-state index is 5.63. The lowest BCUT2D eigenvalue weighted by Gasteiger charge is -1.98. The molecule has 2 heteroatoms. The van der Waals surface area contributed by atoms with Crippen LogP contribution in [0.4, 0.5) is 0 Å². The maximum Gasteiger partial charge on any atom is 0.0412 e. The summed E-state index contributed by atoms with van der Waals surface area (Å²) in [4.78, 5) is 4.06. The average Bonchev–Trinajstić information content (AvgIpc) is 1.87. The summed E-state index contributed by atoms with van der Waals surface area (Å²) in [5.41, 5.74) is 1.86. The molecule has 0 bridgehead atoms. The van der Waals surface area contributed by atoms with Crippen molar-refractivity contribution in [2.45, 2.75) is 20.8 Å². The third kappa shape index (κ3) is 2.83. The summed E-state index contributed by atoms with van der Waals surface area (Å²) in [6.07, 6.45) is 1.73. The van der Waals surface area contributed by atoms with E-state index in [1.165, 1.54) is 0 Å². The van der Waals surface area contributed by atoms with Gasteiger partial charge in [-0.25, -0.2) is 0 Å². The van der Waals surface area contributed by atoms with Crippen molar-refractivity contribution in [2.24, 2.45) is 4.99 Å². The molecule has 0 aliphatic heterocycles. The molecule has 0 unspecified atom stereocenters. The highest BCUT2D eigenvalue weighted by atomic mass is 35.5. The van der Waals surface area contributed by atoms with Gasteiger partial charge in [-0.3, -0.25) is 4.99 Å². The Morgan fingerprint density at radius 3 is 2.30 bits per heavy atom. The Bertz CT molecular complexity index is 189. The Morgan fingerprint density at radius 2 is 2.00 bits per heavy atom. The van der Waals surface area contributed by atoms with Gasteiger partial charge in [0.25, 0.3) is 0 Å². The van der Waals surface area contributed by atoms with E-state index in [1.807, 2.05) is 20.8 Å². The van der Waals surface area contributed by atoms with Crippen molar-refractivity contribution in [3.63, 3.8) is 0 Å². The Kier molecular flexibility index (Phi) is 4.05. The van der Waals surface area contributed by atoms with Crippen LogP contribution < -0.4 is 0 Å². The highest BCUT2D eigenvalue weighted by molar-refractivity contribution is 6.31. The monoisotopic (exact) mass is 157 g/mol. The number of aliphatic imine (C=N–C) groups is 1. The molecule has 0 aliphatic rings. The fourth-order valence-electron chi connectivity index (χ4n) is 0.487. The fourth-order valence-corrected chi connectivity index (χ4v) is 0.624. The zero-order chi connectivity index (χ0) is 8.15. The van der Waals surface area contributed by atoms with Gasteiger partial charge < -0.3 is 0 Å². The lowest BCUT2D eigenvalue weighted by molar-refractivity contribution is 1.23. The van der Waals surface area contributed by atoms with Crippen molar-refractivity contribution in [2.75, 3.05) is 0 Å². The summed E-state index contributed by atoms with van der Waals surface area (Å²) in [5.74, 6) is 0. The molecule has 10 heavy (non-hydrogen) atoms. The highest BCUT2D eigenvalue weighted by Gasteiger charge is 1.95. The first-order chi connectivity index (χ1) is 4.59. The zero-order valence-corrected chi connectivity index (χ0v) is 7.37. The van der Waals surface area contributed by atoms with Crippen LogP contribution in [0.2, 0.25) is 0 Å². The van der Waals surface area contributed by atoms with Gasteiger partial charge in [-0.1, -0.05) is 18.2 Å². The van der Waals surface area contributed by atoms with Crippen LogP contribution >= 0.6 is 11.6 Å². The molecule has 0 heterocycles. The largest absolute Gasteiger partial charge is 0.266 e. The van der Waals surface area contributed by atoms with Gasteiger partial charge in [-0.05, 0) is 26.3 Å². The van der Waals surface area contributed by atoms with Crippen LogP contribution in [0.1, 0.15) is 20.8 Å². The van der Waals surface area contributed by atoms with Crippen molar-refractivity contribution >= 4 is 17.8 Å². The van der Waals surface area contributed by atoms with E-state index in [2.05, 4.69) is 11.6 Å². The van der Waals surface area contributed by atoms with Gasteiger partial charge in [0.2, 0.25) is 0 Å². The minimum atomic E-state index is 0.558. The summed E-state index contributed by atoms with van der Waals surface area (Å²) in [6, 6.07) is 0. The fraction of sp³-hybridized carbons (Fsp3) is 0.375. The number of nitrogens with zero attached hydrogens (tertiary/aromatic N) is 1. The summed E-state index contributed by atoms with van der Waals surface area (Å²) in [5, 5.41) is 0.558. The molecule has 0 saturated carbocycles. The minimum absolute atomic E-state index is 0.558. The lowest BCUT2D eigenvalue weighted by atomic mass is 10.2. The average molecular weight is 158 g/mol. The first-order valence-electron chi connectivity index (χ1n) is 3.10. The van der Waals surface area contributed by atoms with Crippen molar-refractivity contribution < 1.29 is 0 Å². The SMILES string of the molecule is C=C(Cl)/C(C)=C(C)\N=C/C. The van der Waals surface area contributed by atoms with Gasteiger partial charge in [-0.2, -0.15) is 0 Å². The first-order valence-corrected chi connectivity index (χ1v) is 3.48. The van der Waals surface area contributed by atoms with Gasteiger partial charge in [0.15, 0.2) is 0 Å². The molecule has 0 aromatic rings. The molecule has 0 saturated heterocycles. The second-order valence-corrected chi connectivity index (χ2v) is 2.46. The molecule has 0 radical (unpaired) electrons. The summed E-state index contributed by atoms with van der Waals surface area (Å²) in [6.45, 7) is 9.27. The first kappa shape index (κ1) is 9.44. The van der Waals surface area contributed by atoms with Crippen LogP contribution in [-0.4, -0.2) is 6.21 Å². The molecular formula is C8H12ClN. The van der Waals surface area contributed by atoms with Gasteiger partial charge in [-0.15, -0.1) is 0 Å². The Hall–Kier alpha value is -0.560. The number of halogens is 1. The summed E-state index contributed by atoms with van der Waals surface area (Å²) < 4.78 is 0. The number of hydrogen-bond donors (Lipinski definition) is 0. The van der Waals surface area contributed by atoms with E-state index in [0.29, 0.717) is 5.03 Å². The topological polar surface area (TPSA) is 12.4 Å². The van der Waals surface area contributed by atoms with Crippen molar-refractivity contribution in [1.82, 2.24) is 0 Å². The smallest absolute Gasteiger partial charge is 0.0412 e. The molecular weight excluding hydrogens is 146 g/mol. The molecule has 0 aromatic heterocycles. The van der Waals surface area contributed by atoms with E-state index in [-0.39, 0.29) is 0 Å². The van der Waals surface area contributed by atoms with Crippen LogP contribution in [0.3, 0.4) is 0 Å². The van der Waals surface area contributed by atoms with Crippen molar-refractivity contribution in [3.8, 4) is 0 Å². The molecule has 1 nitrogen and oxygen atoms in total. The quantitative estimate of drug-likeness (QED) is 0.432. The predicted molar refractivity (Wildman–Crippen MR) is 47.5 cm³/mol. The van der Waals surface area contributed by atoms with Crippen molar-refractivity contribution in [3.05, 3.63) is 22.9 Å². The molecule has 0 rings (SSSR count). The number of rotatable bonds is 2. The Morgan fingerprint density at radius 1 is 1.50 bits per heavy atom. The lowest BCUT2D eigenvalue weighted by Crippen LogP contribution is -1.79. The van der Waals surface area contributed by atoms with Crippen LogP contribution in [0, 0.1) is 0 Å². The molecule has 0 aliphatic carbocycles. The maximum absolute atomic E-state index is 5.63. The summed E-state index contributed by atoms with van der Waals surface area (Å²) in [7, 11) is 0. The van der Waals surface area contributed by atoms with Crippen molar-refractivity contribution in [1.29, 1.82) is 0 Å². The van der Waals surface area contributed by atoms with Gasteiger partial charge in [0, 0.05) is 16.9 Å². The normalized spacial score (nSPS) is 13.6. The van der Waals surface area contributed by atoms with Crippen LogP contribution in [-0.2, 0) is 0 Å².